The molecule has 2 aromatic rings. The molecule has 1 fully saturated rings. The lowest BCUT2D eigenvalue weighted by Crippen LogP contribution is -2.47. The number of rotatable bonds is 7. The van der Waals surface area contributed by atoms with E-state index in [0.717, 1.165) is 17.7 Å². The average Bonchev–Trinajstić information content (AvgIpc) is 2.74. The van der Waals surface area contributed by atoms with Crippen molar-refractivity contribution in [2.45, 2.75) is 25.4 Å². The Balaban J connectivity index is 1.56. The molecule has 1 heterocycles. The zero-order valence-electron chi connectivity index (χ0n) is 17.5. The number of nitrogens with zero attached hydrogens (tertiary/aromatic N) is 1. The van der Waals surface area contributed by atoms with Gasteiger partial charge in [0.1, 0.15) is 12.4 Å². The second-order valence-electron chi connectivity index (χ2n) is 7.91. The first-order valence-corrected chi connectivity index (χ1v) is 10.2. The van der Waals surface area contributed by atoms with E-state index < -0.39 is 17.2 Å². The first-order chi connectivity index (χ1) is 14.7. The Morgan fingerprint density at radius 1 is 1.13 bits per heavy atom. The van der Waals surface area contributed by atoms with Crippen molar-refractivity contribution in [3.8, 4) is 5.75 Å². The summed E-state index contributed by atoms with van der Waals surface area (Å²) in [5.74, 6) is -0.107. The summed E-state index contributed by atoms with van der Waals surface area (Å²) in [6, 6.07) is 13.1. The zero-order valence-corrected chi connectivity index (χ0v) is 17.5. The van der Waals surface area contributed by atoms with Gasteiger partial charge < -0.3 is 15.2 Å². The summed E-state index contributed by atoms with van der Waals surface area (Å²) in [7, 11) is 1.41. The molecule has 31 heavy (non-hydrogen) atoms. The third-order valence-corrected chi connectivity index (χ3v) is 5.75. The molecule has 3 rings (SSSR count). The lowest BCUT2D eigenvalue weighted by molar-refractivity contribution is -0.156. The minimum absolute atomic E-state index is 0.00608. The summed E-state index contributed by atoms with van der Waals surface area (Å²) in [4.78, 5) is 14.7. The predicted molar refractivity (Wildman–Crippen MR) is 112 cm³/mol. The van der Waals surface area contributed by atoms with Gasteiger partial charge in [0.15, 0.2) is 0 Å². The molecular weight excluding hydrogens is 409 g/mol. The van der Waals surface area contributed by atoms with E-state index in [-0.39, 0.29) is 24.0 Å². The summed E-state index contributed by atoms with van der Waals surface area (Å²) in [5, 5.41) is 0. The fraction of sp³-hybridized carbons (Fsp3) is 0.435. The fourth-order valence-electron chi connectivity index (χ4n) is 4.02. The van der Waals surface area contributed by atoms with Gasteiger partial charge in [-0.15, -0.1) is 0 Å². The maximum absolute atomic E-state index is 12.9. The Morgan fingerprint density at radius 2 is 1.81 bits per heavy atom. The SMILES string of the molecule is COC(=O)C1(Cc2ccccc2)CCN(CCOc2cc(N)cc(C(F)(F)F)c2)CC1. The van der Waals surface area contributed by atoms with Crippen molar-refractivity contribution >= 4 is 11.7 Å². The predicted octanol–water partition coefficient (Wildman–Crippen LogP) is 4.16. The van der Waals surface area contributed by atoms with Gasteiger partial charge in [0, 0.05) is 18.3 Å². The molecule has 0 spiro atoms. The topological polar surface area (TPSA) is 64.8 Å². The number of benzene rings is 2. The van der Waals surface area contributed by atoms with Gasteiger partial charge in [0.2, 0.25) is 0 Å². The van der Waals surface area contributed by atoms with Crippen LogP contribution in [0.15, 0.2) is 48.5 Å². The summed E-state index contributed by atoms with van der Waals surface area (Å²) in [6.07, 6.45) is -2.57. The monoisotopic (exact) mass is 436 g/mol. The number of carbonyl (C=O) groups excluding carboxylic acids is 1. The van der Waals surface area contributed by atoms with Crippen LogP contribution in [0.3, 0.4) is 0 Å². The van der Waals surface area contributed by atoms with Gasteiger partial charge in [-0.25, -0.2) is 0 Å². The number of anilines is 1. The van der Waals surface area contributed by atoms with E-state index in [1.807, 2.05) is 30.3 Å². The number of methoxy groups -OCH3 is 1. The van der Waals surface area contributed by atoms with Crippen LogP contribution >= 0.6 is 0 Å². The Bertz CT molecular complexity index is 879. The highest BCUT2D eigenvalue weighted by atomic mass is 19.4. The van der Waals surface area contributed by atoms with Crippen molar-refractivity contribution in [2.24, 2.45) is 5.41 Å². The van der Waals surface area contributed by atoms with Crippen LogP contribution in [0.2, 0.25) is 0 Å². The second kappa shape index (κ2) is 9.60. The molecule has 2 aromatic carbocycles. The van der Waals surface area contributed by atoms with Crippen LogP contribution in [0.5, 0.6) is 5.75 Å². The van der Waals surface area contributed by atoms with E-state index in [2.05, 4.69) is 4.90 Å². The third-order valence-electron chi connectivity index (χ3n) is 5.75. The van der Waals surface area contributed by atoms with Gasteiger partial charge in [-0.1, -0.05) is 30.3 Å². The molecule has 0 radical (unpaired) electrons. The minimum atomic E-state index is -4.48. The van der Waals surface area contributed by atoms with Crippen LogP contribution in [0.25, 0.3) is 0 Å². The summed E-state index contributed by atoms with van der Waals surface area (Å²) >= 11 is 0. The molecule has 8 heteroatoms. The highest BCUT2D eigenvalue weighted by Crippen LogP contribution is 2.37. The summed E-state index contributed by atoms with van der Waals surface area (Å²) < 4.78 is 49.4. The minimum Gasteiger partial charge on any atom is -0.492 e. The van der Waals surface area contributed by atoms with Crippen molar-refractivity contribution in [1.29, 1.82) is 0 Å². The van der Waals surface area contributed by atoms with E-state index >= 15 is 0 Å². The number of hydrogen-bond donors (Lipinski definition) is 1. The molecule has 0 saturated carbocycles. The molecule has 1 aliphatic rings. The van der Waals surface area contributed by atoms with E-state index in [9.17, 15) is 18.0 Å². The number of carbonyl (C=O) groups is 1. The molecule has 0 bridgehead atoms. The number of ether oxygens (including phenoxy) is 2. The van der Waals surface area contributed by atoms with Gasteiger partial charge >= 0.3 is 12.1 Å². The van der Waals surface area contributed by atoms with Crippen molar-refractivity contribution in [2.75, 3.05) is 39.1 Å². The Hall–Kier alpha value is -2.74. The number of likely N-dealkylation sites (tertiary alicyclic amines) is 1. The van der Waals surface area contributed by atoms with E-state index in [4.69, 9.17) is 15.2 Å². The van der Waals surface area contributed by atoms with Gasteiger partial charge in [-0.3, -0.25) is 9.69 Å². The number of nitrogen functional groups attached to an aromatic ring is 1. The molecular formula is C23H27F3N2O3. The normalized spacial score (nSPS) is 16.6. The van der Waals surface area contributed by atoms with Gasteiger partial charge in [-0.05, 0) is 50.0 Å². The first-order valence-electron chi connectivity index (χ1n) is 10.2. The number of esters is 1. The smallest absolute Gasteiger partial charge is 0.416 e. The van der Waals surface area contributed by atoms with Gasteiger partial charge in [-0.2, -0.15) is 13.2 Å². The molecule has 0 aromatic heterocycles. The molecule has 1 saturated heterocycles. The fourth-order valence-corrected chi connectivity index (χ4v) is 4.02. The van der Waals surface area contributed by atoms with E-state index in [1.54, 1.807) is 0 Å². The number of nitrogens with two attached hydrogens (primary N) is 1. The van der Waals surface area contributed by atoms with Crippen molar-refractivity contribution in [3.63, 3.8) is 0 Å². The van der Waals surface area contributed by atoms with Crippen LogP contribution in [-0.2, 0) is 22.1 Å². The van der Waals surface area contributed by atoms with E-state index in [0.29, 0.717) is 38.9 Å². The maximum Gasteiger partial charge on any atom is 0.416 e. The Labute approximate surface area is 179 Å². The van der Waals surface area contributed by atoms with Crippen LogP contribution in [0, 0.1) is 5.41 Å². The number of halogens is 3. The molecule has 2 N–H and O–H groups in total. The Kier molecular flexibility index (Phi) is 7.10. The highest BCUT2D eigenvalue weighted by Gasteiger charge is 2.42. The average molecular weight is 436 g/mol. The largest absolute Gasteiger partial charge is 0.492 e. The van der Waals surface area contributed by atoms with Gasteiger partial charge in [0.25, 0.3) is 0 Å². The molecule has 1 aliphatic heterocycles. The summed E-state index contributed by atoms with van der Waals surface area (Å²) in [5.41, 5.74) is 5.27. The van der Waals surface area contributed by atoms with Crippen LogP contribution in [0.4, 0.5) is 18.9 Å². The Morgan fingerprint density at radius 3 is 2.42 bits per heavy atom. The lowest BCUT2D eigenvalue weighted by Gasteiger charge is -2.39. The number of hydrogen-bond acceptors (Lipinski definition) is 5. The zero-order chi connectivity index (χ0) is 22.5. The highest BCUT2D eigenvalue weighted by molar-refractivity contribution is 5.77. The van der Waals surface area contributed by atoms with Crippen molar-refractivity contribution in [1.82, 2.24) is 4.90 Å². The second-order valence-corrected chi connectivity index (χ2v) is 7.91. The number of alkyl halides is 3. The van der Waals surface area contributed by atoms with Crippen LogP contribution < -0.4 is 10.5 Å². The molecule has 0 unspecified atom stereocenters. The number of piperidine rings is 1. The lowest BCUT2D eigenvalue weighted by atomic mass is 9.73. The van der Waals surface area contributed by atoms with Crippen molar-refractivity contribution < 1.29 is 27.4 Å². The molecule has 5 nitrogen and oxygen atoms in total. The standard InChI is InChI=1S/C23H27F3N2O3/c1-30-21(29)22(16-17-5-3-2-4-6-17)7-9-28(10-8-22)11-12-31-20-14-18(23(24,25)26)13-19(27)15-20/h2-6,13-15H,7-12,16,27H2,1H3. The molecule has 168 valence electrons. The van der Waals surface area contributed by atoms with Gasteiger partial charge in [0.05, 0.1) is 18.1 Å². The quantitative estimate of drug-likeness (QED) is 0.522. The van der Waals surface area contributed by atoms with Crippen LogP contribution in [-0.4, -0.2) is 44.2 Å². The van der Waals surface area contributed by atoms with E-state index in [1.165, 1.54) is 13.2 Å². The molecule has 0 atom stereocenters. The van der Waals surface area contributed by atoms with Crippen molar-refractivity contribution in [3.05, 3.63) is 59.7 Å². The third kappa shape index (κ3) is 5.91. The maximum atomic E-state index is 12.9. The summed E-state index contributed by atoms with van der Waals surface area (Å²) in [6.45, 7) is 2.12. The molecule has 0 amide bonds. The molecule has 0 aliphatic carbocycles. The first kappa shape index (κ1) is 22.9. The van der Waals surface area contributed by atoms with Crippen LogP contribution in [0.1, 0.15) is 24.0 Å².